The van der Waals surface area contributed by atoms with Crippen LogP contribution < -0.4 is 10.6 Å². The summed E-state index contributed by atoms with van der Waals surface area (Å²) in [6.45, 7) is 3.98. The topological polar surface area (TPSA) is 67.4 Å². The van der Waals surface area contributed by atoms with E-state index in [1.54, 1.807) is 26.0 Å². The zero-order chi connectivity index (χ0) is 16.9. The van der Waals surface area contributed by atoms with Gasteiger partial charge in [-0.05, 0) is 26.0 Å². The molecule has 1 heterocycles. The summed E-state index contributed by atoms with van der Waals surface area (Å²) in [7, 11) is 0. The van der Waals surface area contributed by atoms with Gasteiger partial charge in [0.2, 0.25) is 5.67 Å². The van der Waals surface area contributed by atoms with Gasteiger partial charge in [-0.1, -0.05) is 30.3 Å². The van der Waals surface area contributed by atoms with Crippen LogP contribution in [-0.2, 0) is 14.3 Å². The number of hydrogen-bond acceptors (Lipinski definition) is 4. The molecule has 1 amide bonds. The Balaban J connectivity index is 2.10. The number of nitrogens with one attached hydrogen (secondary N) is 2. The molecule has 0 unspecified atom stereocenters. The first kappa shape index (κ1) is 17.4. The molecule has 6 heteroatoms. The number of alkyl halides is 1. The van der Waals surface area contributed by atoms with Crippen molar-refractivity contribution in [1.29, 1.82) is 0 Å². The van der Waals surface area contributed by atoms with E-state index in [2.05, 4.69) is 10.6 Å². The number of carbonyl (C=O) groups is 2. The van der Waals surface area contributed by atoms with Crippen molar-refractivity contribution in [2.24, 2.45) is 0 Å². The summed E-state index contributed by atoms with van der Waals surface area (Å²) >= 11 is 0. The lowest BCUT2D eigenvalue weighted by Crippen LogP contribution is -2.46. The van der Waals surface area contributed by atoms with Crippen LogP contribution >= 0.6 is 0 Å². The quantitative estimate of drug-likeness (QED) is 0.785. The molecule has 1 saturated heterocycles. The second-order valence-electron chi connectivity index (χ2n) is 6.07. The molecular weight excluding hydrogens is 299 g/mol. The van der Waals surface area contributed by atoms with Crippen LogP contribution in [0.5, 0.6) is 0 Å². The normalized spacial score (nSPS) is 21.9. The van der Waals surface area contributed by atoms with Gasteiger partial charge < -0.3 is 15.4 Å². The fourth-order valence-electron chi connectivity index (χ4n) is 2.56. The molecular formula is C17H23FN2O3. The average molecular weight is 322 g/mol. The van der Waals surface area contributed by atoms with Crippen molar-refractivity contribution in [3.63, 3.8) is 0 Å². The van der Waals surface area contributed by atoms with Crippen LogP contribution in [0, 0.1) is 0 Å². The summed E-state index contributed by atoms with van der Waals surface area (Å²) in [6.07, 6.45) is -0.130. The largest absolute Gasteiger partial charge is 0.463 e. The van der Waals surface area contributed by atoms with Gasteiger partial charge in [0.25, 0.3) is 5.91 Å². The van der Waals surface area contributed by atoms with Gasteiger partial charge in [-0.3, -0.25) is 9.59 Å². The smallest absolute Gasteiger partial charge is 0.308 e. The fourth-order valence-corrected chi connectivity index (χ4v) is 2.56. The molecule has 1 aliphatic heterocycles. The Morgan fingerprint density at radius 2 is 2.04 bits per heavy atom. The maximum absolute atomic E-state index is 14.5. The highest BCUT2D eigenvalue weighted by molar-refractivity contribution is 5.86. The molecule has 1 aromatic rings. The number of halogens is 1. The van der Waals surface area contributed by atoms with Gasteiger partial charge in [0.05, 0.1) is 18.6 Å². The maximum Gasteiger partial charge on any atom is 0.308 e. The highest BCUT2D eigenvalue weighted by Crippen LogP contribution is 2.24. The lowest BCUT2D eigenvalue weighted by Gasteiger charge is -2.24. The van der Waals surface area contributed by atoms with E-state index < -0.39 is 23.6 Å². The van der Waals surface area contributed by atoms with Crippen LogP contribution in [0.1, 0.15) is 38.3 Å². The average Bonchev–Trinajstić information content (AvgIpc) is 2.95. The molecule has 5 nitrogen and oxygen atoms in total. The van der Waals surface area contributed by atoms with Crippen molar-refractivity contribution < 1.29 is 18.7 Å². The van der Waals surface area contributed by atoms with E-state index in [9.17, 15) is 14.0 Å². The van der Waals surface area contributed by atoms with E-state index in [-0.39, 0.29) is 25.5 Å². The number of carbonyl (C=O) groups excluding carboxylic acids is 2. The van der Waals surface area contributed by atoms with Crippen molar-refractivity contribution in [2.75, 3.05) is 13.1 Å². The van der Waals surface area contributed by atoms with Crippen molar-refractivity contribution in [3.05, 3.63) is 35.9 Å². The molecule has 2 atom stereocenters. The first-order valence-corrected chi connectivity index (χ1v) is 7.86. The number of hydrogen-bond donors (Lipinski definition) is 2. The van der Waals surface area contributed by atoms with Gasteiger partial charge in [0, 0.05) is 13.0 Å². The van der Waals surface area contributed by atoms with Gasteiger partial charge in [-0.25, -0.2) is 4.39 Å². The summed E-state index contributed by atoms with van der Waals surface area (Å²) in [5.41, 5.74) is -1.18. The Morgan fingerprint density at radius 1 is 1.35 bits per heavy atom. The monoisotopic (exact) mass is 322 g/mol. The van der Waals surface area contributed by atoms with Crippen LogP contribution in [-0.4, -0.2) is 36.7 Å². The summed E-state index contributed by atoms with van der Waals surface area (Å²) in [6, 6.07) is 8.45. The minimum absolute atomic E-state index is 0.00319. The Labute approximate surface area is 135 Å². The standard InChI is InChI=1S/C17H23FN2O3/c1-12(2)23-15(21)10-14(13-6-4-3-5-7-13)20-16(22)17(18)8-9-19-11-17/h3-7,12,14,19H,8-11H2,1-2H3,(H,20,22)/t14-,17+/m1/s1. The van der Waals surface area contributed by atoms with Crippen molar-refractivity contribution in [3.8, 4) is 0 Å². The highest BCUT2D eigenvalue weighted by atomic mass is 19.1. The molecule has 0 aromatic heterocycles. The number of benzene rings is 1. The molecule has 2 rings (SSSR count). The Morgan fingerprint density at radius 3 is 2.61 bits per heavy atom. The number of ether oxygens (including phenoxy) is 1. The van der Waals surface area contributed by atoms with Crippen molar-refractivity contribution in [1.82, 2.24) is 10.6 Å². The van der Waals surface area contributed by atoms with Crippen molar-refractivity contribution >= 4 is 11.9 Å². The third kappa shape index (κ3) is 4.76. The number of rotatable bonds is 6. The maximum atomic E-state index is 14.5. The Bertz CT molecular complexity index is 542. The molecule has 23 heavy (non-hydrogen) atoms. The lowest BCUT2D eigenvalue weighted by atomic mass is 10.00. The molecule has 1 aromatic carbocycles. The Kier molecular flexibility index (Phi) is 5.71. The SMILES string of the molecule is CC(C)OC(=O)C[C@@H](NC(=O)[C@]1(F)CCNC1)c1ccccc1. The van der Waals surface area contributed by atoms with E-state index in [4.69, 9.17) is 4.74 Å². The number of esters is 1. The highest BCUT2D eigenvalue weighted by Gasteiger charge is 2.42. The third-order valence-corrected chi connectivity index (χ3v) is 3.76. The Hall–Kier alpha value is -1.95. The molecule has 2 N–H and O–H groups in total. The molecule has 1 fully saturated rings. The van der Waals surface area contributed by atoms with E-state index in [1.165, 1.54) is 0 Å². The van der Waals surface area contributed by atoms with Gasteiger partial charge in [-0.2, -0.15) is 0 Å². The number of amides is 1. The van der Waals surface area contributed by atoms with Gasteiger partial charge in [0.15, 0.2) is 0 Å². The van der Waals surface area contributed by atoms with Crippen LogP contribution in [0.3, 0.4) is 0 Å². The lowest BCUT2D eigenvalue weighted by molar-refractivity contribution is -0.148. The molecule has 0 saturated carbocycles. The third-order valence-electron chi connectivity index (χ3n) is 3.76. The molecule has 0 spiro atoms. The van der Waals surface area contributed by atoms with Gasteiger partial charge in [-0.15, -0.1) is 0 Å². The van der Waals surface area contributed by atoms with Gasteiger partial charge in [0.1, 0.15) is 0 Å². The van der Waals surface area contributed by atoms with Crippen LogP contribution in [0.4, 0.5) is 4.39 Å². The summed E-state index contributed by atoms with van der Waals surface area (Å²) in [5, 5.41) is 5.51. The zero-order valence-electron chi connectivity index (χ0n) is 13.5. The van der Waals surface area contributed by atoms with Gasteiger partial charge >= 0.3 is 5.97 Å². The first-order valence-electron chi connectivity index (χ1n) is 7.86. The predicted octanol–water partition coefficient (Wildman–Crippen LogP) is 1.89. The minimum atomic E-state index is -1.92. The van der Waals surface area contributed by atoms with Crippen LogP contribution in [0.25, 0.3) is 0 Å². The second kappa shape index (κ2) is 7.55. The van der Waals surface area contributed by atoms with E-state index in [0.29, 0.717) is 6.54 Å². The second-order valence-corrected chi connectivity index (χ2v) is 6.07. The van der Waals surface area contributed by atoms with E-state index in [0.717, 1.165) is 5.56 Å². The fraction of sp³-hybridized carbons (Fsp3) is 0.529. The van der Waals surface area contributed by atoms with E-state index in [1.807, 2.05) is 18.2 Å². The molecule has 0 aliphatic carbocycles. The summed E-state index contributed by atoms with van der Waals surface area (Å²) in [4.78, 5) is 24.2. The minimum Gasteiger partial charge on any atom is -0.463 e. The first-order chi connectivity index (χ1) is 10.9. The molecule has 1 aliphatic rings. The summed E-state index contributed by atoms with van der Waals surface area (Å²) in [5.74, 6) is -1.11. The van der Waals surface area contributed by atoms with Crippen LogP contribution in [0.15, 0.2) is 30.3 Å². The van der Waals surface area contributed by atoms with E-state index >= 15 is 0 Å². The van der Waals surface area contributed by atoms with Crippen molar-refractivity contribution in [2.45, 2.75) is 44.5 Å². The predicted molar refractivity (Wildman–Crippen MR) is 84.5 cm³/mol. The summed E-state index contributed by atoms with van der Waals surface area (Å²) < 4.78 is 19.7. The molecule has 126 valence electrons. The molecule has 0 radical (unpaired) electrons. The molecule has 0 bridgehead atoms. The van der Waals surface area contributed by atoms with Crippen LogP contribution in [0.2, 0.25) is 0 Å². The zero-order valence-corrected chi connectivity index (χ0v) is 13.5.